The molecule has 0 fully saturated rings. The summed E-state index contributed by atoms with van der Waals surface area (Å²) in [5.74, 6) is -0.349. The number of amides is 2. The Hall–Kier alpha value is -1.75. The van der Waals surface area contributed by atoms with Crippen LogP contribution in [0.1, 0.15) is 44.7 Å². The van der Waals surface area contributed by atoms with Crippen molar-refractivity contribution in [3.05, 3.63) is 68.7 Å². The summed E-state index contributed by atoms with van der Waals surface area (Å²) in [5, 5.41) is 4.45. The fourth-order valence-electron chi connectivity index (χ4n) is 3.24. The lowest BCUT2D eigenvalue weighted by molar-refractivity contribution is -0.141. The van der Waals surface area contributed by atoms with Crippen molar-refractivity contribution in [1.82, 2.24) is 10.2 Å². The summed E-state index contributed by atoms with van der Waals surface area (Å²) < 4.78 is 0. The molecule has 2 aromatic rings. The third kappa shape index (κ3) is 6.63. The first kappa shape index (κ1) is 24.5. The van der Waals surface area contributed by atoms with Crippen LogP contribution in [-0.4, -0.2) is 28.8 Å². The molecule has 1 N–H and O–H groups in total. The predicted octanol–water partition coefficient (Wildman–Crippen LogP) is 5.91. The maximum absolute atomic E-state index is 13.3. The minimum atomic E-state index is -0.626. The molecule has 2 rings (SSSR count). The average molecular weight is 470 g/mol. The Morgan fingerprint density at radius 2 is 1.57 bits per heavy atom. The second-order valence-corrected chi connectivity index (χ2v) is 8.62. The van der Waals surface area contributed by atoms with Crippen LogP contribution >= 0.6 is 34.8 Å². The lowest BCUT2D eigenvalue weighted by atomic mass is 10.1. The van der Waals surface area contributed by atoms with Crippen LogP contribution in [0.3, 0.4) is 0 Å². The second kappa shape index (κ2) is 11.6. The van der Waals surface area contributed by atoms with Crippen LogP contribution in [0.25, 0.3) is 0 Å². The largest absolute Gasteiger partial charge is 0.352 e. The fraction of sp³-hybridized carbons (Fsp3) is 0.391. The molecule has 0 saturated carbocycles. The number of carbonyl (C=O) groups excluding carboxylic acids is 2. The van der Waals surface area contributed by atoms with Crippen molar-refractivity contribution in [1.29, 1.82) is 0 Å². The Balaban J connectivity index is 2.30. The van der Waals surface area contributed by atoms with Gasteiger partial charge in [0.05, 0.1) is 0 Å². The van der Waals surface area contributed by atoms with Gasteiger partial charge < -0.3 is 10.2 Å². The number of benzene rings is 2. The Morgan fingerprint density at radius 1 is 0.967 bits per heavy atom. The van der Waals surface area contributed by atoms with Crippen LogP contribution in [0.5, 0.6) is 0 Å². The van der Waals surface area contributed by atoms with Gasteiger partial charge in [-0.15, -0.1) is 0 Å². The minimum absolute atomic E-state index is 0.0319. The molecule has 0 heterocycles. The molecule has 0 aliphatic heterocycles. The molecule has 0 aliphatic carbocycles. The number of aryl methyl sites for hydroxylation is 1. The molecule has 0 radical (unpaired) electrons. The van der Waals surface area contributed by atoms with Crippen LogP contribution < -0.4 is 5.32 Å². The molecule has 30 heavy (non-hydrogen) atoms. The van der Waals surface area contributed by atoms with Gasteiger partial charge in [0.25, 0.3) is 0 Å². The van der Waals surface area contributed by atoms with E-state index in [9.17, 15) is 9.59 Å². The first-order valence-corrected chi connectivity index (χ1v) is 11.1. The van der Waals surface area contributed by atoms with E-state index < -0.39 is 6.04 Å². The van der Waals surface area contributed by atoms with Crippen LogP contribution in [0.15, 0.2) is 42.5 Å². The second-order valence-electron chi connectivity index (χ2n) is 7.40. The summed E-state index contributed by atoms with van der Waals surface area (Å²) in [6.45, 7) is 5.81. The van der Waals surface area contributed by atoms with Gasteiger partial charge in [-0.25, -0.2) is 0 Å². The minimum Gasteiger partial charge on any atom is -0.352 e. The molecule has 0 aromatic heterocycles. The Labute approximate surface area is 193 Å². The van der Waals surface area contributed by atoms with Crippen LogP contribution in [-0.2, 0) is 22.6 Å². The summed E-state index contributed by atoms with van der Waals surface area (Å²) in [5.41, 5.74) is 1.52. The van der Waals surface area contributed by atoms with Gasteiger partial charge in [-0.2, -0.15) is 0 Å². The molecule has 1 atom stereocenters. The van der Waals surface area contributed by atoms with Crippen molar-refractivity contribution in [2.75, 3.05) is 0 Å². The molecule has 0 aliphatic rings. The van der Waals surface area contributed by atoms with Crippen molar-refractivity contribution in [3.8, 4) is 0 Å². The maximum atomic E-state index is 13.3. The molecule has 2 amide bonds. The van der Waals surface area contributed by atoms with Gasteiger partial charge in [-0.3, -0.25) is 9.59 Å². The zero-order valence-corrected chi connectivity index (χ0v) is 19.7. The zero-order chi connectivity index (χ0) is 22.3. The van der Waals surface area contributed by atoms with E-state index in [1.54, 1.807) is 29.2 Å². The highest BCUT2D eigenvalue weighted by Crippen LogP contribution is 2.27. The third-order valence-electron chi connectivity index (χ3n) is 4.77. The number of halogens is 3. The van der Waals surface area contributed by atoms with Crippen molar-refractivity contribution in [2.24, 2.45) is 0 Å². The van der Waals surface area contributed by atoms with Crippen LogP contribution in [0.4, 0.5) is 0 Å². The predicted molar refractivity (Wildman–Crippen MR) is 124 cm³/mol. The van der Waals surface area contributed by atoms with E-state index in [0.717, 1.165) is 5.56 Å². The van der Waals surface area contributed by atoms with Gasteiger partial charge in [-0.1, -0.05) is 66.0 Å². The highest BCUT2D eigenvalue weighted by molar-refractivity contribution is 6.36. The van der Waals surface area contributed by atoms with E-state index in [4.69, 9.17) is 34.8 Å². The normalized spacial score (nSPS) is 12.0. The van der Waals surface area contributed by atoms with Gasteiger partial charge in [0.2, 0.25) is 11.8 Å². The molecule has 2 aromatic carbocycles. The summed E-state index contributed by atoms with van der Waals surface area (Å²) >= 11 is 18.9. The number of hydrogen-bond acceptors (Lipinski definition) is 2. The first-order valence-electron chi connectivity index (χ1n) is 10.0. The third-order valence-corrected chi connectivity index (χ3v) is 5.85. The maximum Gasteiger partial charge on any atom is 0.243 e. The molecule has 162 valence electrons. The fourth-order valence-corrected chi connectivity index (χ4v) is 3.99. The highest BCUT2D eigenvalue weighted by Gasteiger charge is 2.29. The van der Waals surface area contributed by atoms with Crippen molar-refractivity contribution in [3.63, 3.8) is 0 Å². The van der Waals surface area contributed by atoms with Gasteiger partial charge in [0.15, 0.2) is 0 Å². The SMILES string of the molecule is CC[C@@H](C(=O)NC(C)C)N(Cc1c(Cl)cccc1Cl)C(=O)CCc1ccccc1Cl. The smallest absolute Gasteiger partial charge is 0.243 e. The molecular weight excluding hydrogens is 443 g/mol. The summed E-state index contributed by atoms with van der Waals surface area (Å²) in [6, 6.07) is 12.0. The monoisotopic (exact) mass is 468 g/mol. The average Bonchev–Trinajstić information content (AvgIpc) is 2.68. The molecule has 0 spiro atoms. The molecular formula is C23H27Cl3N2O2. The molecule has 0 unspecified atom stereocenters. The highest BCUT2D eigenvalue weighted by atomic mass is 35.5. The zero-order valence-electron chi connectivity index (χ0n) is 17.4. The first-order chi connectivity index (χ1) is 14.2. The van der Waals surface area contributed by atoms with Crippen molar-refractivity contribution < 1.29 is 9.59 Å². The lowest BCUT2D eigenvalue weighted by Gasteiger charge is -2.32. The molecule has 0 bridgehead atoms. The number of rotatable bonds is 9. The lowest BCUT2D eigenvalue weighted by Crippen LogP contribution is -2.50. The van der Waals surface area contributed by atoms with E-state index in [-0.39, 0.29) is 30.8 Å². The molecule has 7 heteroatoms. The van der Waals surface area contributed by atoms with E-state index in [0.29, 0.717) is 33.5 Å². The van der Waals surface area contributed by atoms with Gasteiger partial charge in [0.1, 0.15) is 6.04 Å². The Morgan fingerprint density at radius 3 is 2.13 bits per heavy atom. The number of carbonyl (C=O) groups is 2. The number of nitrogens with one attached hydrogen (secondary N) is 1. The van der Waals surface area contributed by atoms with Crippen LogP contribution in [0, 0.1) is 0 Å². The quantitative estimate of drug-likeness (QED) is 0.496. The number of hydrogen-bond donors (Lipinski definition) is 1. The standard InChI is InChI=1S/C23H27Cl3N2O2/c1-4-21(23(30)27-15(2)3)28(14-17-19(25)10-7-11-20(17)26)22(29)13-12-16-8-5-6-9-18(16)24/h5-11,15,21H,4,12-14H2,1-3H3,(H,27,30)/t21-/m0/s1. The summed E-state index contributed by atoms with van der Waals surface area (Å²) in [7, 11) is 0. The van der Waals surface area contributed by atoms with Gasteiger partial charge >= 0.3 is 0 Å². The van der Waals surface area contributed by atoms with Crippen molar-refractivity contribution in [2.45, 2.75) is 58.7 Å². The number of nitrogens with zero attached hydrogens (tertiary/aromatic N) is 1. The van der Waals surface area contributed by atoms with Crippen molar-refractivity contribution >= 4 is 46.6 Å². The summed E-state index contributed by atoms with van der Waals surface area (Å²) in [6.07, 6.45) is 1.17. The van der Waals surface area contributed by atoms with Gasteiger partial charge in [-0.05, 0) is 50.5 Å². The van der Waals surface area contributed by atoms with Gasteiger partial charge in [0, 0.05) is 39.6 Å². The Bertz CT molecular complexity index is 866. The van der Waals surface area contributed by atoms with E-state index in [1.807, 2.05) is 39.0 Å². The summed E-state index contributed by atoms with van der Waals surface area (Å²) in [4.78, 5) is 27.7. The van der Waals surface area contributed by atoms with E-state index in [2.05, 4.69) is 5.32 Å². The Kier molecular flexibility index (Phi) is 9.47. The molecule has 0 saturated heterocycles. The van der Waals surface area contributed by atoms with E-state index >= 15 is 0 Å². The topological polar surface area (TPSA) is 49.4 Å². The van der Waals surface area contributed by atoms with E-state index in [1.165, 1.54) is 0 Å². The van der Waals surface area contributed by atoms with Crippen LogP contribution in [0.2, 0.25) is 15.1 Å². The molecule has 4 nitrogen and oxygen atoms in total.